The SMILES string of the molecule is CCCCC(=O)NS(=O)(=O)c1ccc(Cl)cc1F. The lowest BCUT2D eigenvalue weighted by Crippen LogP contribution is -2.30. The highest BCUT2D eigenvalue weighted by Gasteiger charge is 2.21. The highest BCUT2D eigenvalue weighted by Crippen LogP contribution is 2.18. The second-order valence-corrected chi connectivity index (χ2v) is 5.79. The zero-order valence-electron chi connectivity index (χ0n) is 9.74. The monoisotopic (exact) mass is 293 g/mol. The van der Waals surface area contributed by atoms with Crippen molar-refractivity contribution in [3.63, 3.8) is 0 Å². The van der Waals surface area contributed by atoms with E-state index in [1.165, 1.54) is 6.07 Å². The Morgan fingerprint density at radius 2 is 2.11 bits per heavy atom. The smallest absolute Gasteiger partial charge is 0.266 e. The summed E-state index contributed by atoms with van der Waals surface area (Å²) in [5.41, 5.74) is 0. The van der Waals surface area contributed by atoms with Gasteiger partial charge in [-0.3, -0.25) is 4.79 Å². The van der Waals surface area contributed by atoms with Crippen LogP contribution in [0.4, 0.5) is 4.39 Å². The van der Waals surface area contributed by atoms with Crippen molar-refractivity contribution in [1.29, 1.82) is 0 Å². The number of unbranched alkanes of at least 4 members (excludes halogenated alkanes) is 1. The zero-order valence-corrected chi connectivity index (χ0v) is 11.3. The van der Waals surface area contributed by atoms with E-state index in [1.807, 2.05) is 11.6 Å². The van der Waals surface area contributed by atoms with Crippen molar-refractivity contribution < 1.29 is 17.6 Å². The van der Waals surface area contributed by atoms with E-state index in [4.69, 9.17) is 11.6 Å². The summed E-state index contributed by atoms with van der Waals surface area (Å²) in [7, 11) is -4.17. The maximum absolute atomic E-state index is 13.4. The predicted octanol–water partition coefficient (Wildman–Crippen LogP) is 2.47. The van der Waals surface area contributed by atoms with Gasteiger partial charge in [0.2, 0.25) is 5.91 Å². The summed E-state index contributed by atoms with van der Waals surface area (Å²) >= 11 is 5.52. The van der Waals surface area contributed by atoms with Crippen molar-refractivity contribution in [3.8, 4) is 0 Å². The fourth-order valence-electron chi connectivity index (χ4n) is 1.29. The van der Waals surface area contributed by atoms with Crippen LogP contribution in [0.25, 0.3) is 0 Å². The summed E-state index contributed by atoms with van der Waals surface area (Å²) in [6, 6.07) is 3.15. The first-order valence-electron chi connectivity index (χ1n) is 5.37. The second kappa shape index (κ2) is 6.15. The maximum Gasteiger partial charge on any atom is 0.266 e. The first kappa shape index (κ1) is 14.9. The number of nitrogens with one attached hydrogen (secondary N) is 1. The highest BCUT2D eigenvalue weighted by molar-refractivity contribution is 7.90. The Labute approximate surface area is 110 Å². The maximum atomic E-state index is 13.4. The van der Waals surface area contributed by atoms with Gasteiger partial charge in [0.15, 0.2) is 0 Å². The minimum Gasteiger partial charge on any atom is -0.274 e. The fourth-order valence-corrected chi connectivity index (χ4v) is 2.52. The summed E-state index contributed by atoms with van der Waals surface area (Å²) in [6.07, 6.45) is 1.43. The minimum atomic E-state index is -4.17. The van der Waals surface area contributed by atoms with Gasteiger partial charge in [0.1, 0.15) is 10.7 Å². The lowest BCUT2D eigenvalue weighted by atomic mass is 10.2. The van der Waals surface area contributed by atoms with Gasteiger partial charge in [0.25, 0.3) is 10.0 Å². The van der Waals surface area contributed by atoms with Crippen molar-refractivity contribution in [2.45, 2.75) is 31.1 Å². The number of rotatable bonds is 5. The molecule has 0 aliphatic rings. The molecule has 7 heteroatoms. The van der Waals surface area contributed by atoms with Gasteiger partial charge in [-0.05, 0) is 24.6 Å². The molecule has 4 nitrogen and oxygen atoms in total. The van der Waals surface area contributed by atoms with Gasteiger partial charge in [-0.25, -0.2) is 17.5 Å². The summed E-state index contributed by atoms with van der Waals surface area (Å²) in [5, 5.41) is 0.0868. The van der Waals surface area contributed by atoms with Crippen molar-refractivity contribution in [3.05, 3.63) is 29.0 Å². The fraction of sp³-hybridized carbons (Fsp3) is 0.364. The van der Waals surface area contributed by atoms with Gasteiger partial charge in [-0.2, -0.15) is 0 Å². The van der Waals surface area contributed by atoms with E-state index in [0.717, 1.165) is 18.6 Å². The van der Waals surface area contributed by atoms with E-state index in [0.29, 0.717) is 6.42 Å². The third kappa shape index (κ3) is 3.96. The van der Waals surface area contributed by atoms with Gasteiger partial charge in [-0.1, -0.05) is 24.9 Å². The normalized spacial score (nSPS) is 11.3. The van der Waals surface area contributed by atoms with Crippen molar-refractivity contribution in [2.75, 3.05) is 0 Å². The highest BCUT2D eigenvalue weighted by atomic mass is 35.5. The molecule has 18 heavy (non-hydrogen) atoms. The van der Waals surface area contributed by atoms with Gasteiger partial charge >= 0.3 is 0 Å². The van der Waals surface area contributed by atoms with Gasteiger partial charge in [0.05, 0.1) is 0 Å². The number of halogens is 2. The molecule has 1 aromatic carbocycles. The van der Waals surface area contributed by atoms with Crippen LogP contribution in [0.2, 0.25) is 5.02 Å². The number of sulfonamides is 1. The quantitative estimate of drug-likeness (QED) is 0.907. The van der Waals surface area contributed by atoms with E-state index < -0.39 is 26.6 Å². The zero-order chi connectivity index (χ0) is 13.8. The van der Waals surface area contributed by atoms with E-state index in [9.17, 15) is 17.6 Å². The molecule has 0 radical (unpaired) electrons. The van der Waals surface area contributed by atoms with Gasteiger partial charge in [-0.15, -0.1) is 0 Å². The molecule has 0 fully saturated rings. The Morgan fingerprint density at radius 3 is 2.67 bits per heavy atom. The van der Waals surface area contributed by atoms with Crippen LogP contribution < -0.4 is 4.72 Å². The molecular weight excluding hydrogens is 281 g/mol. The molecule has 1 N–H and O–H groups in total. The molecule has 100 valence electrons. The van der Waals surface area contributed by atoms with Crippen LogP contribution in [0.15, 0.2) is 23.1 Å². The minimum absolute atomic E-state index is 0.0868. The van der Waals surface area contributed by atoms with Crippen molar-refractivity contribution >= 4 is 27.5 Å². The number of carbonyl (C=O) groups excluding carboxylic acids is 1. The molecule has 0 saturated heterocycles. The van der Waals surface area contributed by atoms with Crippen molar-refractivity contribution in [2.24, 2.45) is 0 Å². The molecule has 0 aliphatic carbocycles. The molecule has 1 amide bonds. The van der Waals surface area contributed by atoms with E-state index >= 15 is 0 Å². The molecule has 0 bridgehead atoms. The first-order chi connectivity index (χ1) is 8.36. The molecule has 0 aliphatic heterocycles. The van der Waals surface area contributed by atoms with Crippen LogP contribution in [0.5, 0.6) is 0 Å². The standard InChI is InChI=1S/C11H13ClFNO3S/c1-2-3-4-11(15)14-18(16,17)10-6-5-8(12)7-9(10)13/h5-7H,2-4H2,1H3,(H,14,15). The topological polar surface area (TPSA) is 63.2 Å². The molecule has 0 atom stereocenters. The number of benzene rings is 1. The Morgan fingerprint density at radius 1 is 1.44 bits per heavy atom. The molecule has 0 saturated carbocycles. The van der Waals surface area contributed by atoms with Crippen molar-refractivity contribution in [1.82, 2.24) is 4.72 Å². The Balaban J connectivity index is 2.90. The Kier molecular flexibility index (Phi) is 5.10. The van der Waals surface area contributed by atoms with Gasteiger partial charge < -0.3 is 0 Å². The van der Waals surface area contributed by atoms with Gasteiger partial charge in [0, 0.05) is 11.4 Å². The number of carbonyl (C=O) groups is 1. The Bertz CT molecular complexity index is 545. The lowest BCUT2D eigenvalue weighted by Gasteiger charge is -2.07. The van der Waals surface area contributed by atoms with E-state index in [1.54, 1.807) is 0 Å². The summed E-state index contributed by atoms with van der Waals surface area (Å²) in [4.78, 5) is 10.7. The third-order valence-corrected chi connectivity index (χ3v) is 3.83. The molecule has 0 spiro atoms. The molecular formula is C11H13ClFNO3S. The van der Waals surface area contributed by atoms with E-state index in [-0.39, 0.29) is 11.4 Å². The second-order valence-electron chi connectivity index (χ2n) is 3.71. The lowest BCUT2D eigenvalue weighted by molar-refractivity contribution is -0.119. The van der Waals surface area contributed by atoms with Crippen LogP contribution in [0.3, 0.4) is 0 Å². The van der Waals surface area contributed by atoms with E-state index in [2.05, 4.69) is 0 Å². The molecule has 0 unspecified atom stereocenters. The Hall–Kier alpha value is -1.14. The number of hydrogen-bond donors (Lipinski definition) is 1. The largest absolute Gasteiger partial charge is 0.274 e. The van der Waals surface area contributed by atoms with Crippen LogP contribution in [-0.4, -0.2) is 14.3 Å². The molecule has 0 heterocycles. The number of amides is 1. The average Bonchev–Trinajstić information content (AvgIpc) is 2.25. The van der Waals surface area contributed by atoms with Crippen LogP contribution in [-0.2, 0) is 14.8 Å². The first-order valence-corrected chi connectivity index (χ1v) is 7.23. The predicted molar refractivity (Wildman–Crippen MR) is 66.3 cm³/mol. The summed E-state index contributed by atoms with van der Waals surface area (Å²) in [5.74, 6) is -1.63. The molecule has 1 aromatic rings. The van der Waals surface area contributed by atoms with Crippen LogP contribution >= 0.6 is 11.6 Å². The molecule has 0 aromatic heterocycles. The summed E-state index contributed by atoms with van der Waals surface area (Å²) < 4.78 is 38.7. The van der Waals surface area contributed by atoms with Crippen LogP contribution in [0, 0.1) is 5.82 Å². The van der Waals surface area contributed by atoms with Crippen LogP contribution in [0.1, 0.15) is 26.2 Å². The summed E-state index contributed by atoms with van der Waals surface area (Å²) in [6.45, 7) is 1.88. The number of hydrogen-bond acceptors (Lipinski definition) is 3. The average molecular weight is 294 g/mol. The molecule has 1 rings (SSSR count). The third-order valence-electron chi connectivity index (χ3n) is 2.19.